The van der Waals surface area contributed by atoms with Gasteiger partial charge in [-0.2, -0.15) is 5.26 Å². The Morgan fingerprint density at radius 3 is 2.73 bits per heavy atom. The minimum atomic E-state index is -0.782. The van der Waals surface area contributed by atoms with E-state index in [4.69, 9.17) is 19.9 Å². The molecule has 10 nitrogen and oxygen atoms in total. The van der Waals surface area contributed by atoms with E-state index in [0.717, 1.165) is 42.5 Å². The zero-order valence-corrected chi connectivity index (χ0v) is 22.7. The number of carbonyl (C=O) groups is 1. The van der Waals surface area contributed by atoms with Crippen molar-refractivity contribution in [3.05, 3.63) is 63.3 Å². The van der Waals surface area contributed by atoms with E-state index in [0.29, 0.717) is 65.9 Å². The molecule has 10 heteroatoms. The topological polar surface area (TPSA) is 139 Å². The highest BCUT2D eigenvalue weighted by Gasteiger charge is 2.30. The number of anilines is 2. The molecule has 1 atom stereocenters. The number of ether oxygens (including phenoxy) is 1. The van der Waals surface area contributed by atoms with Gasteiger partial charge < -0.3 is 29.7 Å². The van der Waals surface area contributed by atoms with Crippen LogP contribution in [0.3, 0.4) is 0 Å². The first-order valence-corrected chi connectivity index (χ1v) is 13.7. The standard InChI is InChI=1S/C30H32N6O4/c1-17-3-4-25-23(11-17)34-29(40-25)19-5-8-36(9-6-19)27-21-12-20(14-31)22(33-15-18-7-10-39-16-18)13-24(21)35(2)30(38)26(27)28(32)37/h3-4,11-13,18-19,33H,5-10,15-16H2,1-2H3,(H2,32,37)/t18-/m0/s1. The lowest BCUT2D eigenvalue weighted by atomic mass is 9.94. The lowest BCUT2D eigenvalue weighted by Crippen LogP contribution is -2.38. The van der Waals surface area contributed by atoms with Gasteiger partial charge in [0.25, 0.3) is 11.5 Å². The summed E-state index contributed by atoms with van der Waals surface area (Å²) in [5.74, 6) is 0.407. The number of nitrogens with two attached hydrogens (primary N) is 1. The zero-order chi connectivity index (χ0) is 28.0. The summed E-state index contributed by atoms with van der Waals surface area (Å²) in [4.78, 5) is 32.8. The monoisotopic (exact) mass is 540 g/mol. The number of primary amides is 1. The van der Waals surface area contributed by atoms with Crippen molar-refractivity contribution in [2.75, 3.05) is 43.1 Å². The number of oxazole rings is 1. The Kier molecular flexibility index (Phi) is 6.68. The predicted molar refractivity (Wildman–Crippen MR) is 153 cm³/mol. The van der Waals surface area contributed by atoms with Gasteiger partial charge in [-0.25, -0.2) is 4.98 Å². The number of benzene rings is 2. The van der Waals surface area contributed by atoms with Gasteiger partial charge in [0.2, 0.25) is 0 Å². The fourth-order valence-corrected chi connectivity index (χ4v) is 5.94. The summed E-state index contributed by atoms with van der Waals surface area (Å²) >= 11 is 0. The maximum atomic E-state index is 13.4. The number of aryl methyl sites for hydroxylation is 2. The number of nitrogens with zero attached hydrogens (tertiary/aromatic N) is 4. The van der Waals surface area contributed by atoms with Crippen LogP contribution >= 0.6 is 0 Å². The van der Waals surface area contributed by atoms with Gasteiger partial charge in [-0.15, -0.1) is 0 Å². The lowest BCUT2D eigenvalue weighted by Gasteiger charge is -2.34. The fourth-order valence-electron chi connectivity index (χ4n) is 5.94. The summed E-state index contributed by atoms with van der Waals surface area (Å²) in [7, 11) is 1.63. The van der Waals surface area contributed by atoms with Crippen molar-refractivity contribution in [3.63, 3.8) is 0 Å². The second kappa shape index (κ2) is 10.3. The summed E-state index contributed by atoms with van der Waals surface area (Å²) in [5.41, 5.74) is 10.2. The molecule has 40 heavy (non-hydrogen) atoms. The molecule has 0 aliphatic carbocycles. The molecule has 0 saturated carbocycles. The van der Waals surface area contributed by atoms with Gasteiger partial charge in [-0.1, -0.05) is 6.07 Å². The molecular weight excluding hydrogens is 508 g/mol. The molecule has 3 N–H and O–H groups in total. The molecule has 0 spiro atoms. The van der Waals surface area contributed by atoms with E-state index in [2.05, 4.69) is 11.4 Å². The number of carbonyl (C=O) groups excluding carboxylic acids is 1. The summed E-state index contributed by atoms with van der Waals surface area (Å²) < 4.78 is 13.0. The number of nitrogens with one attached hydrogen (secondary N) is 1. The van der Waals surface area contributed by atoms with Gasteiger partial charge in [-0.05, 0) is 56.0 Å². The van der Waals surface area contributed by atoms with E-state index in [9.17, 15) is 14.9 Å². The molecule has 2 aliphatic heterocycles. The number of rotatable bonds is 6. The Labute approximate surface area is 231 Å². The molecule has 4 aromatic rings. The van der Waals surface area contributed by atoms with Crippen LogP contribution in [0.2, 0.25) is 0 Å². The van der Waals surface area contributed by atoms with Crippen molar-refractivity contribution in [1.82, 2.24) is 9.55 Å². The Morgan fingerprint density at radius 2 is 2.02 bits per heavy atom. The summed E-state index contributed by atoms with van der Waals surface area (Å²) in [6.45, 7) is 5.28. The van der Waals surface area contributed by atoms with Gasteiger partial charge >= 0.3 is 0 Å². The third-order valence-corrected chi connectivity index (χ3v) is 8.20. The van der Waals surface area contributed by atoms with Crippen LogP contribution in [0.4, 0.5) is 11.4 Å². The Balaban J connectivity index is 1.36. The van der Waals surface area contributed by atoms with Crippen molar-refractivity contribution < 1.29 is 13.9 Å². The predicted octanol–water partition coefficient (Wildman–Crippen LogP) is 3.79. The average Bonchev–Trinajstić information content (AvgIpc) is 3.63. The van der Waals surface area contributed by atoms with E-state index in [1.807, 2.05) is 36.1 Å². The Morgan fingerprint density at radius 1 is 1.23 bits per heavy atom. The summed E-state index contributed by atoms with van der Waals surface area (Å²) in [6, 6.07) is 11.8. The lowest BCUT2D eigenvalue weighted by molar-refractivity contribution is 0.0999. The number of nitriles is 1. The van der Waals surface area contributed by atoms with Crippen molar-refractivity contribution in [3.8, 4) is 6.07 Å². The molecule has 2 aromatic carbocycles. The van der Waals surface area contributed by atoms with E-state index in [1.165, 1.54) is 4.57 Å². The molecule has 0 bridgehead atoms. The number of hydrogen-bond donors (Lipinski definition) is 2. The van der Waals surface area contributed by atoms with Crippen molar-refractivity contribution in [2.45, 2.75) is 32.1 Å². The number of hydrogen-bond acceptors (Lipinski definition) is 8. The first-order valence-electron chi connectivity index (χ1n) is 13.7. The smallest absolute Gasteiger partial charge is 0.265 e. The highest BCUT2D eigenvalue weighted by atomic mass is 16.5. The van der Waals surface area contributed by atoms with E-state index in [1.54, 1.807) is 13.1 Å². The molecular formula is C30H32N6O4. The molecule has 206 valence electrons. The number of amides is 1. The quantitative estimate of drug-likeness (QED) is 0.377. The molecule has 2 fully saturated rings. The van der Waals surface area contributed by atoms with Crippen LogP contribution < -0.4 is 21.5 Å². The SMILES string of the molecule is Cc1ccc2oc(C3CCN(c4c(C(N)=O)c(=O)n(C)c5cc(NC[C@@H]6CCOC6)c(C#N)cc45)CC3)nc2c1. The van der Waals surface area contributed by atoms with Gasteiger partial charge in [0, 0.05) is 50.5 Å². The average molecular weight is 541 g/mol. The highest BCUT2D eigenvalue weighted by molar-refractivity contribution is 6.08. The molecule has 0 unspecified atom stereocenters. The van der Waals surface area contributed by atoms with Gasteiger partial charge in [0.05, 0.1) is 29.1 Å². The largest absolute Gasteiger partial charge is 0.440 e. The van der Waals surface area contributed by atoms with Gasteiger partial charge in [0.1, 0.15) is 17.1 Å². The minimum absolute atomic E-state index is 0.0570. The Bertz CT molecular complexity index is 1720. The van der Waals surface area contributed by atoms with Crippen molar-refractivity contribution >= 4 is 39.3 Å². The van der Waals surface area contributed by atoms with Crippen LogP contribution in [0.15, 0.2) is 39.5 Å². The molecule has 6 rings (SSSR count). The maximum Gasteiger partial charge on any atom is 0.265 e. The van der Waals surface area contributed by atoms with Crippen molar-refractivity contribution in [1.29, 1.82) is 5.26 Å². The molecule has 1 amide bonds. The molecule has 2 aliphatic rings. The number of aromatic nitrogens is 2. The second-order valence-electron chi connectivity index (χ2n) is 10.9. The third kappa shape index (κ3) is 4.56. The molecule has 2 aromatic heterocycles. The van der Waals surface area contributed by atoms with Crippen LogP contribution in [0.1, 0.15) is 52.6 Å². The Hall–Kier alpha value is -4.36. The van der Waals surface area contributed by atoms with Gasteiger partial charge in [-0.3, -0.25) is 9.59 Å². The normalized spacial score (nSPS) is 17.9. The van der Waals surface area contributed by atoms with Crippen LogP contribution in [0.5, 0.6) is 0 Å². The van der Waals surface area contributed by atoms with E-state index >= 15 is 0 Å². The minimum Gasteiger partial charge on any atom is -0.440 e. The molecule has 2 saturated heterocycles. The van der Waals surface area contributed by atoms with Crippen LogP contribution in [0, 0.1) is 24.2 Å². The zero-order valence-electron chi connectivity index (χ0n) is 22.7. The first-order chi connectivity index (χ1) is 19.3. The summed E-state index contributed by atoms with van der Waals surface area (Å²) in [5, 5.41) is 14.0. The molecule has 4 heterocycles. The second-order valence-corrected chi connectivity index (χ2v) is 10.9. The van der Waals surface area contributed by atoms with Crippen molar-refractivity contribution in [2.24, 2.45) is 18.7 Å². The van der Waals surface area contributed by atoms with E-state index in [-0.39, 0.29) is 11.5 Å². The highest BCUT2D eigenvalue weighted by Crippen LogP contribution is 2.37. The first kappa shape index (κ1) is 25.9. The fraction of sp³-hybridized carbons (Fsp3) is 0.400. The summed E-state index contributed by atoms with van der Waals surface area (Å²) in [6.07, 6.45) is 2.43. The van der Waals surface area contributed by atoms with Crippen LogP contribution in [0.25, 0.3) is 22.0 Å². The van der Waals surface area contributed by atoms with Gasteiger partial charge in [0.15, 0.2) is 11.5 Å². The number of fused-ring (bicyclic) bond motifs is 2. The maximum absolute atomic E-state index is 13.4. The van der Waals surface area contributed by atoms with E-state index < -0.39 is 11.5 Å². The van der Waals surface area contributed by atoms with Crippen LogP contribution in [-0.2, 0) is 11.8 Å². The van der Waals surface area contributed by atoms with Crippen LogP contribution in [-0.4, -0.2) is 48.3 Å². The number of piperidine rings is 1. The molecule has 0 radical (unpaired) electrons. The number of pyridine rings is 1. The third-order valence-electron chi connectivity index (χ3n) is 8.20.